The molecule has 0 amide bonds. The number of rotatable bonds is 5. The summed E-state index contributed by atoms with van der Waals surface area (Å²) in [7, 11) is 1.83. The zero-order chi connectivity index (χ0) is 25.6. The molecule has 9 heteroatoms. The average Bonchev–Trinajstić information content (AvgIpc) is 3.17. The summed E-state index contributed by atoms with van der Waals surface area (Å²) in [5, 5.41) is 4.61. The van der Waals surface area contributed by atoms with E-state index < -0.39 is 0 Å². The number of nitrogens with zero attached hydrogens (tertiary/aromatic N) is 3. The molecule has 1 unspecified atom stereocenters. The molecule has 0 radical (unpaired) electrons. The van der Waals surface area contributed by atoms with Gasteiger partial charge >= 0.3 is 0 Å². The van der Waals surface area contributed by atoms with Crippen molar-refractivity contribution in [2.75, 3.05) is 11.9 Å². The SMILES string of the molecule is C/C(=C\C1=CC(CN)=CCC1C)c1nc2ccc3nc(Nc4c(Cl)cccc4Cl)n(C)c3c2c(=O)[nH]1. The van der Waals surface area contributed by atoms with Crippen LogP contribution in [0.4, 0.5) is 11.6 Å². The van der Waals surface area contributed by atoms with E-state index in [1.807, 2.05) is 30.7 Å². The van der Waals surface area contributed by atoms with Crippen molar-refractivity contribution < 1.29 is 0 Å². The molecular weight excluding hydrogens is 495 g/mol. The highest BCUT2D eigenvalue weighted by Gasteiger charge is 2.18. The lowest BCUT2D eigenvalue weighted by Crippen LogP contribution is -2.13. The van der Waals surface area contributed by atoms with Crippen LogP contribution in [0.5, 0.6) is 0 Å². The fourth-order valence-electron chi connectivity index (χ4n) is 4.48. The van der Waals surface area contributed by atoms with Crippen LogP contribution in [-0.4, -0.2) is 26.1 Å². The lowest BCUT2D eigenvalue weighted by molar-refractivity contribution is 0.696. The number of aryl methyl sites for hydroxylation is 1. The standard InChI is InChI=1S/C27H26Cl2N6O/c1-14-7-8-16(13-30)12-17(14)11-15(2)25-31-20-9-10-21-24(22(20)26(36)34-25)35(3)27(32-21)33-23-18(28)5-4-6-19(23)29/h4-6,8-12,14H,7,13,30H2,1-3H3,(H,32,33)(H,31,34,36)/b15-11+. The Morgan fingerprint density at radius 3 is 2.67 bits per heavy atom. The number of hydrogen-bond acceptors (Lipinski definition) is 5. The molecule has 0 aliphatic heterocycles. The summed E-state index contributed by atoms with van der Waals surface area (Å²) in [4.78, 5) is 25.7. The number of aromatic amines is 1. The Kier molecular flexibility index (Phi) is 6.47. The zero-order valence-electron chi connectivity index (χ0n) is 20.2. The van der Waals surface area contributed by atoms with E-state index in [9.17, 15) is 4.79 Å². The summed E-state index contributed by atoms with van der Waals surface area (Å²) >= 11 is 12.7. The van der Waals surface area contributed by atoms with Gasteiger partial charge in [-0.25, -0.2) is 9.97 Å². The zero-order valence-corrected chi connectivity index (χ0v) is 21.7. The second-order valence-corrected chi connectivity index (χ2v) is 9.86. The molecule has 0 saturated carbocycles. The van der Waals surface area contributed by atoms with Gasteiger partial charge in [-0.3, -0.25) is 4.79 Å². The molecule has 2 aromatic carbocycles. The third-order valence-electron chi connectivity index (χ3n) is 6.55. The molecule has 1 atom stereocenters. The largest absolute Gasteiger partial charge is 0.327 e. The maximum Gasteiger partial charge on any atom is 0.261 e. The lowest BCUT2D eigenvalue weighted by Gasteiger charge is -2.18. The monoisotopic (exact) mass is 520 g/mol. The van der Waals surface area contributed by atoms with Gasteiger partial charge in [0.15, 0.2) is 0 Å². The normalized spacial score (nSPS) is 16.4. The molecule has 0 fully saturated rings. The third kappa shape index (κ3) is 4.34. The van der Waals surface area contributed by atoms with Crippen molar-refractivity contribution in [3.05, 3.63) is 85.9 Å². The van der Waals surface area contributed by atoms with Crippen molar-refractivity contribution in [3.8, 4) is 0 Å². The Bertz CT molecular complexity index is 1640. The second-order valence-electron chi connectivity index (χ2n) is 9.05. The van der Waals surface area contributed by atoms with Crippen LogP contribution in [0.2, 0.25) is 10.0 Å². The average molecular weight is 521 g/mol. The highest BCUT2D eigenvalue weighted by molar-refractivity contribution is 6.39. The second kappa shape index (κ2) is 9.58. The minimum absolute atomic E-state index is 0.230. The minimum Gasteiger partial charge on any atom is -0.327 e. The number of nitrogens with one attached hydrogen (secondary N) is 2. The van der Waals surface area contributed by atoms with Crippen LogP contribution in [0, 0.1) is 5.92 Å². The Hall–Kier alpha value is -3.39. The summed E-state index contributed by atoms with van der Waals surface area (Å²) in [6, 6.07) is 8.95. The van der Waals surface area contributed by atoms with E-state index in [2.05, 4.69) is 40.4 Å². The number of aromatic nitrogens is 4. The van der Waals surface area contributed by atoms with Gasteiger partial charge in [0.25, 0.3) is 5.56 Å². The molecule has 0 bridgehead atoms. The van der Waals surface area contributed by atoms with Crippen molar-refractivity contribution in [2.24, 2.45) is 18.7 Å². The highest BCUT2D eigenvalue weighted by Crippen LogP contribution is 2.34. The number of nitrogens with two attached hydrogens (primary N) is 1. The molecule has 4 aromatic rings. The Morgan fingerprint density at radius 1 is 1.22 bits per heavy atom. The molecule has 2 aromatic heterocycles. The number of H-pyrrole nitrogens is 1. The van der Waals surface area contributed by atoms with Crippen molar-refractivity contribution >= 4 is 62.3 Å². The fourth-order valence-corrected chi connectivity index (χ4v) is 4.97. The van der Waals surface area contributed by atoms with Gasteiger partial charge in [-0.1, -0.05) is 54.4 Å². The van der Waals surface area contributed by atoms with Crippen LogP contribution < -0.4 is 16.6 Å². The molecule has 2 heterocycles. The van der Waals surface area contributed by atoms with Crippen LogP contribution in [0.3, 0.4) is 0 Å². The van der Waals surface area contributed by atoms with Gasteiger partial charge in [-0.05, 0) is 60.2 Å². The van der Waals surface area contributed by atoms with E-state index in [1.54, 1.807) is 18.2 Å². The predicted octanol–water partition coefficient (Wildman–Crippen LogP) is 6.11. The number of allylic oxidation sites excluding steroid dienone is 4. The van der Waals surface area contributed by atoms with E-state index in [1.165, 1.54) is 5.57 Å². The summed E-state index contributed by atoms with van der Waals surface area (Å²) in [5.74, 6) is 1.41. The molecule has 4 N–H and O–H groups in total. The molecule has 7 nitrogen and oxygen atoms in total. The van der Waals surface area contributed by atoms with Crippen LogP contribution >= 0.6 is 23.2 Å². The first-order chi connectivity index (χ1) is 17.3. The summed E-state index contributed by atoms with van der Waals surface area (Å²) < 4.78 is 1.81. The smallest absolute Gasteiger partial charge is 0.261 e. The Morgan fingerprint density at radius 2 is 1.94 bits per heavy atom. The van der Waals surface area contributed by atoms with Gasteiger partial charge in [-0.2, -0.15) is 0 Å². The van der Waals surface area contributed by atoms with Crippen molar-refractivity contribution in [1.29, 1.82) is 0 Å². The van der Waals surface area contributed by atoms with Gasteiger partial charge in [0.2, 0.25) is 5.95 Å². The lowest BCUT2D eigenvalue weighted by atomic mass is 9.88. The quantitative estimate of drug-likeness (QED) is 0.294. The van der Waals surface area contributed by atoms with Crippen molar-refractivity contribution in [2.45, 2.75) is 20.3 Å². The topological polar surface area (TPSA) is 102 Å². The molecule has 0 saturated heterocycles. The number of halogens is 2. The first-order valence-corrected chi connectivity index (χ1v) is 12.4. The van der Waals surface area contributed by atoms with E-state index in [0.717, 1.165) is 17.6 Å². The number of fused-ring (bicyclic) bond motifs is 3. The van der Waals surface area contributed by atoms with Crippen molar-refractivity contribution in [3.63, 3.8) is 0 Å². The Balaban J connectivity index is 1.59. The number of para-hydroxylation sites is 1. The van der Waals surface area contributed by atoms with Crippen LogP contribution in [0.1, 0.15) is 26.1 Å². The maximum absolute atomic E-state index is 13.3. The number of hydrogen-bond donors (Lipinski definition) is 3. The van der Waals surface area contributed by atoms with Crippen LogP contribution in [0.25, 0.3) is 27.5 Å². The van der Waals surface area contributed by atoms with Gasteiger partial charge in [0, 0.05) is 13.6 Å². The van der Waals surface area contributed by atoms with Crippen molar-refractivity contribution in [1.82, 2.24) is 19.5 Å². The molecule has 5 rings (SSSR count). The van der Waals surface area contributed by atoms with E-state index in [-0.39, 0.29) is 5.56 Å². The Labute approximate surface area is 218 Å². The summed E-state index contributed by atoms with van der Waals surface area (Å²) in [5.41, 5.74) is 11.2. The molecule has 0 spiro atoms. The van der Waals surface area contributed by atoms with E-state index >= 15 is 0 Å². The highest BCUT2D eigenvalue weighted by atomic mass is 35.5. The molecule has 1 aliphatic rings. The van der Waals surface area contributed by atoms with Gasteiger partial charge in [0.1, 0.15) is 5.82 Å². The van der Waals surface area contributed by atoms with Crippen LogP contribution in [0.15, 0.2) is 64.5 Å². The van der Waals surface area contributed by atoms with Gasteiger partial charge in [-0.15, -0.1) is 0 Å². The summed E-state index contributed by atoms with van der Waals surface area (Å²) in [6.07, 6.45) is 7.32. The number of anilines is 2. The van der Waals surface area contributed by atoms with Gasteiger partial charge < -0.3 is 20.6 Å². The fraction of sp³-hybridized carbons (Fsp3) is 0.222. The molecule has 36 heavy (non-hydrogen) atoms. The van der Waals surface area contributed by atoms with Gasteiger partial charge in [0.05, 0.1) is 37.7 Å². The third-order valence-corrected chi connectivity index (χ3v) is 7.18. The molecule has 184 valence electrons. The predicted molar refractivity (Wildman–Crippen MR) is 149 cm³/mol. The minimum atomic E-state index is -0.230. The number of benzene rings is 2. The maximum atomic E-state index is 13.3. The van der Waals surface area contributed by atoms with E-state index in [4.69, 9.17) is 33.9 Å². The number of imidazole rings is 1. The first-order valence-electron chi connectivity index (χ1n) is 11.7. The van der Waals surface area contributed by atoms with E-state index in [0.29, 0.717) is 61.9 Å². The summed E-state index contributed by atoms with van der Waals surface area (Å²) in [6.45, 7) is 4.64. The van der Waals surface area contributed by atoms with Crippen LogP contribution in [-0.2, 0) is 7.05 Å². The molecule has 1 aliphatic carbocycles. The first kappa shape index (κ1) is 24.3. The molecular formula is C27H26Cl2N6O.